The van der Waals surface area contributed by atoms with Crippen molar-refractivity contribution >= 4 is 17.5 Å². The Balaban J connectivity index is 1.42. The van der Waals surface area contributed by atoms with Gasteiger partial charge in [-0.05, 0) is 17.0 Å². The molecule has 2 aliphatic rings. The van der Waals surface area contributed by atoms with Crippen LogP contribution in [0.2, 0.25) is 0 Å². The summed E-state index contributed by atoms with van der Waals surface area (Å²) in [7, 11) is 0. The quantitative estimate of drug-likeness (QED) is 0.857. The molecule has 0 unspecified atom stereocenters. The van der Waals surface area contributed by atoms with Crippen molar-refractivity contribution in [1.29, 1.82) is 0 Å². The van der Waals surface area contributed by atoms with Gasteiger partial charge in [0.1, 0.15) is 0 Å². The number of aromatic nitrogens is 2. The monoisotopic (exact) mass is 396 g/mol. The Hall–Kier alpha value is -2.51. The molecule has 0 atom stereocenters. The summed E-state index contributed by atoms with van der Waals surface area (Å²) in [4.78, 5) is 23.7. The molecule has 0 radical (unpaired) electrons. The summed E-state index contributed by atoms with van der Waals surface area (Å²) < 4.78 is 11.5. The first-order valence-corrected chi connectivity index (χ1v) is 10.1. The summed E-state index contributed by atoms with van der Waals surface area (Å²) in [6.45, 7) is 9.24. The zero-order chi connectivity index (χ0) is 20.5. The Kier molecular flexibility index (Phi) is 5.27. The number of nitrogens with one attached hydrogen (secondary N) is 1. The average Bonchev–Trinajstić information content (AvgIpc) is 3.16. The lowest BCUT2D eigenvalue weighted by Gasteiger charge is -2.37. The Morgan fingerprint density at radius 2 is 1.69 bits per heavy atom. The highest BCUT2D eigenvalue weighted by Gasteiger charge is 2.40. The van der Waals surface area contributed by atoms with E-state index >= 15 is 0 Å². The summed E-state index contributed by atoms with van der Waals surface area (Å²) in [6, 6.07) is 7.87. The molecule has 2 fully saturated rings. The van der Waals surface area contributed by atoms with Crippen molar-refractivity contribution in [3.05, 3.63) is 47.8 Å². The molecule has 154 valence electrons. The fraction of sp³-hybridized carbons (Fsp3) is 0.500. The van der Waals surface area contributed by atoms with E-state index in [4.69, 9.17) is 9.47 Å². The van der Waals surface area contributed by atoms with Crippen molar-refractivity contribution in [2.75, 3.05) is 36.5 Å². The van der Waals surface area contributed by atoms with Gasteiger partial charge in [0, 0.05) is 44.0 Å². The maximum atomic E-state index is 12.7. The van der Waals surface area contributed by atoms with Gasteiger partial charge < -0.3 is 19.7 Å². The molecule has 2 aliphatic heterocycles. The maximum Gasteiger partial charge on any atom is 0.258 e. The van der Waals surface area contributed by atoms with Crippen molar-refractivity contribution in [3.63, 3.8) is 0 Å². The third-order valence-corrected chi connectivity index (χ3v) is 5.51. The normalized spacial score (nSPS) is 18.8. The fourth-order valence-electron chi connectivity index (χ4n) is 3.88. The van der Waals surface area contributed by atoms with Gasteiger partial charge in [-0.25, -0.2) is 9.97 Å². The third-order valence-electron chi connectivity index (χ3n) is 5.51. The number of amides is 1. The first-order valence-electron chi connectivity index (χ1n) is 10.1. The van der Waals surface area contributed by atoms with Gasteiger partial charge in [0.15, 0.2) is 5.79 Å². The predicted molar refractivity (Wildman–Crippen MR) is 111 cm³/mol. The van der Waals surface area contributed by atoms with E-state index in [0.29, 0.717) is 24.7 Å². The molecular weight excluding hydrogens is 368 g/mol. The van der Waals surface area contributed by atoms with Crippen LogP contribution in [0, 0.1) is 0 Å². The van der Waals surface area contributed by atoms with Crippen LogP contribution in [0.1, 0.15) is 49.5 Å². The first kappa shape index (κ1) is 19.8. The second-order valence-electron chi connectivity index (χ2n) is 8.62. The van der Waals surface area contributed by atoms with Crippen molar-refractivity contribution in [2.24, 2.45) is 0 Å². The molecule has 1 aromatic carbocycles. The van der Waals surface area contributed by atoms with E-state index in [9.17, 15) is 4.79 Å². The topological polar surface area (TPSA) is 76.6 Å². The Labute approximate surface area is 171 Å². The van der Waals surface area contributed by atoms with Gasteiger partial charge in [-0.1, -0.05) is 39.0 Å². The number of carbonyl (C=O) groups is 1. The Bertz CT molecular complexity index is 860. The van der Waals surface area contributed by atoms with Gasteiger partial charge in [0.05, 0.1) is 18.8 Å². The second-order valence-corrected chi connectivity index (χ2v) is 8.62. The van der Waals surface area contributed by atoms with Gasteiger partial charge in [-0.2, -0.15) is 0 Å². The fourth-order valence-corrected chi connectivity index (χ4v) is 3.88. The van der Waals surface area contributed by atoms with Crippen LogP contribution in [0.15, 0.2) is 36.7 Å². The molecule has 3 heterocycles. The molecule has 0 bridgehead atoms. The smallest absolute Gasteiger partial charge is 0.258 e. The molecule has 7 heteroatoms. The molecule has 2 saturated heterocycles. The zero-order valence-electron chi connectivity index (χ0n) is 17.3. The van der Waals surface area contributed by atoms with Crippen LogP contribution in [0.25, 0.3) is 0 Å². The summed E-state index contributed by atoms with van der Waals surface area (Å²) in [5, 5.41) is 3.00. The number of hydrogen-bond acceptors (Lipinski definition) is 6. The maximum absolute atomic E-state index is 12.7. The number of para-hydroxylation sites is 1. The van der Waals surface area contributed by atoms with E-state index in [0.717, 1.165) is 37.2 Å². The molecule has 1 amide bonds. The van der Waals surface area contributed by atoms with Gasteiger partial charge in [0.2, 0.25) is 5.95 Å². The predicted octanol–water partition coefficient (Wildman–Crippen LogP) is 3.37. The molecule has 1 N–H and O–H groups in total. The molecule has 1 spiro atoms. The lowest BCUT2D eigenvalue weighted by molar-refractivity contribution is -0.169. The van der Waals surface area contributed by atoms with E-state index in [1.165, 1.54) is 0 Å². The summed E-state index contributed by atoms with van der Waals surface area (Å²) in [6.07, 6.45) is 4.76. The lowest BCUT2D eigenvalue weighted by atomic mass is 9.86. The molecule has 0 aliphatic carbocycles. The molecule has 2 aromatic rings. The number of anilines is 2. The van der Waals surface area contributed by atoms with Crippen molar-refractivity contribution in [3.8, 4) is 0 Å². The molecule has 4 rings (SSSR count). The number of piperidine rings is 1. The van der Waals surface area contributed by atoms with Crippen LogP contribution in [0.3, 0.4) is 0 Å². The number of rotatable bonds is 3. The lowest BCUT2D eigenvalue weighted by Crippen LogP contribution is -2.45. The summed E-state index contributed by atoms with van der Waals surface area (Å²) >= 11 is 0. The van der Waals surface area contributed by atoms with Crippen LogP contribution < -0.4 is 10.2 Å². The van der Waals surface area contributed by atoms with Crippen LogP contribution in [0.5, 0.6) is 0 Å². The second kappa shape index (κ2) is 7.72. The minimum Gasteiger partial charge on any atom is -0.347 e. The Morgan fingerprint density at radius 3 is 2.31 bits per heavy atom. The standard InChI is InChI=1S/C22H28N4O3/c1-21(2,3)17-6-4-5-7-18(17)25-19(27)16-14-23-20(24-15-16)26-10-8-22(9-11-26)28-12-13-29-22/h4-7,14-15H,8-13H2,1-3H3,(H,25,27). The molecule has 29 heavy (non-hydrogen) atoms. The van der Waals surface area contributed by atoms with Crippen LogP contribution in [-0.4, -0.2) is 48.0 Å². The number of hydrogen-bond donors (Lipinski definition) is 1. The van der Waals surface area contributed by atoms with Crippen molar-refractivity contribution < 1.29 is 14.3 Å². The molecular formula is C22H28N4O3. The highest BCUT2D eigenvalue weighted by Crippen LogP contribution is 2.32. The average molecular weight is 396 g/mol. The number of ether oxygens (including phenoxy) is 2. The van der Waals surface area contributed by atoms with E-state index < -0.39 is 5.79 Å². The number of benzene rings is 1. The summed E-state index contributed by atoms with van der Waals surface area (Å²) in [5.74, 6) is -0.000340. The van der Waals surface area contributed by atoms with Gasteiger partial charge >= 0.3 is 0 Å². The van der Waals surface area contributed by atoms with E-state index in [-0.39, 0.29) is 11.3 Å². The van der Waals surface area contributed by atoms with Crippen LogP contribution in [-0.2, 0) is 14.9 Å². The van der Waals surface area contributed by atoms with E-state index in [2.05, 4.69) is 41.0 Å². The summed E-state index contributed by atoms with van der Waals surface area (Å²) in [5.41, 5.74) is 2.27. The molecule has 0 saturated carbocycles. The van der Waals surface area contributed by atoms with Gasteiger partial charge in [-0.15, -0.1) is 0 Å². The Morgan fingerprint density at radius 1 is 1.07 bits per heavy atom. The first-order chi connectivity index (χ1) is 13.9. The van der Waals surface area contributed by atoms with Crippen LogP contribution >= 0.6 is 0 Å². The van der Waals surface area contributed by atoms with Crippen molar-refractivity contribution in [2.45, 2.75) is 44.8 Å². The molecule has 1 aromatic heterocycles. The highest BCUT2D eigenvalue weighted by molar-refractivity contribution is 6.04. The van der Waals surface area contributed by atoms with Gasteiger partial charge in [-0.3, -0.25) is 4.79 Å². The minimum absolute atomic E-state index is 0.0669. The zero-order valence-corrected chi connectivity index (χ0v) is 17.3. The van der Waals surface area contributed by atoms with E-state index in [1.54, 1.807) is 12.4 Å². The third kappa shape index (κ3) is 4.26. The SMILES string of the molecule is CC(C)(C)c1ccccc1NC(=O)c1cnc(N2CCC3(CC2)OCCO3)nc1. The largest absolute Gasteiger partial charge is 0.347 e. The number of nitrogens with zero attached hydrogens (tertiary/aromatic N) is 3. The molecule has 7 nitrogen and oxygen atoms in total. The van der Waals surface area contributed by atoms with E-state index in [1.807, 2.05) is 24.3 Å². The number of carbonyl (C=O) groups excluding carboxylic acids is 1. The van der Waals surface area contributed by atoms with Crippen LogP contribution in [0.4, 0.5) is 11.6 Å². The van der Waals surface area contributed by atoms with Gasteiger partial charge in [0.25, 0.3) is 5.91 Å². The highest BCUT2D eigenvalue weighted by atomic mass is 16.7. The van der Waals surface area contributed by atoms with Crippen molar-refractivity contribution in [1.82, 2.24) is 9.97 Å². The minimum atomic E-state index is -0.420.